The largest absolute Gasteiger partial charge is 0.384 e. The molecular formula is C13H22N4O. The molecule has 18 heavy (non-hydrogen) atoms. The Labute approximate surface area is 108 Å². The van der Waals surface area contributed by atoms with Gasteiger partial charge in [-0.05, 0) is 13.3 Å². The van der Waals surface area contributed by atoms with Crippen molar-refractivity contribution in [1.82, 2.24) is 9.97 Å². The maximum atomic E-state index is 5.81. The first-order chi connectivity index (χ1) is 8.56. The van der Waals surface area contributed by atoms with Gasteiger partial charge in [0, 0.05) is 30.6 Å². The molecule has 1 aliphatic rings. The molecule has 1 fully saturated rings. The van der Waals surface area contributed by atoms with Crippen molar-refractivity contribution in [3.8, 4) is 0 Å². The number of ether oxygens (including phenoxy) is 1. The lowest BCUT2D eigenvalue weighted by atomic mass is 10.0. The van der Waals surface area contributed by atoms with Gasteiger partial charge in [-0.25, -0.2) is 9.97 Å². The van der Waals surface area contributed by atoms with Crippen molar-refractivity contribution < 1.29 is 4.74 Å². The molecule has 2 unspecified atom stereocenters. The van der Waals surface area contributed by atoms with Crippen LogP contribution in [0.1, 0.15) is 38.9 Å². The van der Waals surface area contributed by atoms with Gasteiger partial charge in [0.15, 0.2) is 0 Å². The smallest absolute Gasteiger partial charge is 0.135 e. The van der Waals surface area contributed by atoms with Crippen LogP contribution in [0.25, 0.3) is 0 Å². The molecule has 2 heterocycles. The molecule has 0 bridgehead atoms. The van der Waals surface area contributed by atoms with E-state index in [1.165, 1.54) is 0 Å². The van der Waals surface area contributed by atoms with Crippen LogP contribution in [-0.4, -0.2) is 29.2 Å². The summed E-state index contributed by atoms with van der Waals surface area (Å²) in [5, 5.41) is 3.41. The normalized spacial score (nSPS) is 21.2. The molecule has 2 atom stereocenters. The van der Waals surface area contributed by atoms with Crippen molar-refractivity contribution >= 4 is 11.6 Å². The number of nitrogen functional groups attached to an aromatic ring is 1. The topological polar surface area (TPSA) is 73.1 Å². The quantitative estimate of drug-likeness (QED) is 0.855. The highest BCUT2D eigenvalue weighted by atomic mass is 16.5. The predicted molar refractivity (Wildman–Crippen MR) is 72.5 cm³/mol. The fraction of sp³-hybridized carbons (Fsp3) is 0.692. The molecule has 0 radical (unpaired) electrons. The van der Waals surface area contributed by atoms with E-state index in [0.29, 0.717) is 17.8 Å². The van der Waals surface area contributed by atoms with Gasteiger partial charge in [-0.2, -0.15) is 0 Å². The summed E-state index contributed by atoms with van der Waals surface area (Å²) in [6.07, 6.45) is 1.10. The van der Waals surface area contributed by atoms with Crippen molar-refractivity contribution in [3.63, 3.8) is 0 Å². The lowest BCUT2D eigenvalue weighted by Gasteiger charge is -2.20. The summed E-state index contributed by atoms with van der Waals surface area (Å²) in [6, 6.07) is 2.12. The highest BCUT2D eigenvalue weighted by Crippen LogP contribution is 2.21. The maximum absolute atomic E-state index is 5.81. The van der Waals surface area contributed by atoms with Crippen LogP contribution in [0.15, 0.2) is 6.07 Å². The van der Waals surface area contributed by atoms with E-state index in [1.54, 1.807) is 6.07 Å². The minimum Gasteiger partial charge on any atom is -0.384 e. The third-order valence-corrected chi connectivity index (χ3v) is 3.33. The highest BCUT2D eigenvalue weighted by molar-refractivity contribution is 5.45. The number of nitrogens with zero attached hydrogens (tertiary/aromatic N) is 2. The SMILES string of the molecule is CC(C)c1nc(N)cc(NC(C)C2CCOC2)n1. The second-order valence-electron chi connectivity index (χ2n) is 5.25. The fourth-order valence-electron chi connectivity index (χ4n) is 2.12. The number of nitrogens with one attached hydrogen (secondary N) is 1. The Kier molecular flexibility index (Phi) is 4.01. The highest BCUT2D eigenvalue weighted by Gasteiger charge is 2.22. The Morgan fingerprint density at radius 3 is 2.78 bits per heavy atom. The second-order valence-corrected chi connectivity index (χ2v) is 5.25. The molecular weight excluding hydrogens is 228 g/mol. The second kappa shape index (κ2) is 5.52. The minimum absolute atomic E-state index is 0.277. The third kappa shape index (κ3) is 3.10. The fourth-order valence-corrected chi connectivity index (χ4v) is 2.12. The number of anilines is 2. The van der Waals surface area contributed by atoms with E-state index in [0.717, 1.165) is 31.3 Å². The first kappa shape index (κ1) is 13.1. The van der Waals surface area contributed by atoms with Gasteiger partial charge < -0.3 is 15.8 Å². The van der Waals surface area contributed by atoms with Crippen LogP contribution in [0.5, 0.6) is 0 Å². The zero-order valence-corrected chi connectivity index (χ0v) is 11.3. The molecule has 0 amide bonds. The molecule has 0 aliphatic carbocycles. The molecule has 1 aromatic rings. The number of hydrogen-bond acceptors (Lipinski definition) is 5. The first-order valence-electron chi connectivity index (χ1n) is 6.55. The van der Waals surface area contributed by atoms with E-state index < -0.39 is 0 Å². The lowest BCUT2D eigenvalue weighted by Crippen LogP contribution is -2.27. The summed E-state index contributed by atoms with van der Waals surface area (Å²) in [6.45, 7) is 7.97. The first-order valence-corrected chi connectivity index (χ1v) is 6.55. The van der Waals surface area contributed by atoms with Gasteiger partial charge in [0.25, 0.3) is 0 Å². The Morgan fingerprint density at radius 2 is 2.17 bits per heavy atom. The lowest BCUT2D eigenvalue weighted by molar-refractivity contribution is 0.183. The Hall–Kier alpha value is -1.36. The molecule has 1 aliphatic heterocycles. The van der Waals surface area contributed by atoms with E-state index in [4.69, 9.17) is 10.5 Å². The van der Waals surface area contributed by atoms with Gasteiger partial charge in [0.2, 0.25) is 0 Å². The average molecular weight is 250 g/mol. The zero-order chi connectivity index (χ0) is 13.1. The summed E-state index contributed by atoms with van der Waals surface area (Å²) < 4.78 is 5.40. The molecule has 5 nitrogen and oxygen atoms in total. The standard InChI is InChI=1S/C13H22N4O/c1-8(2)13-16-11(14)6-12(17-13)15-9(3)10-4-5-18-7-10/h6,8-10H,4-5,7H2,1-3H3,(H3,14,15,16,17). The summed E-state index contributed by atoms with van der Waals surface area (Å²) in [5.41, 5.74) is 5.81. The van der Waals surface area contributed by atoms with Gasteiger partial charge in [0.05, 0.1) is 6.61 Å². The van der Waals surface area contributed by atoms with E-state index in [1.807, 2.05) is 0 Å². The molecule has 5 heteroatoms. The van der Waals surface area contributed by atoms with Crippen LogP contribution < -0.4 is 11.1 Å². The Balaban J connectivity index is 2.08. The van der Waals surface area contributed by atoms with Crippen LogP contribution >= 0.6 is 0 Å². The molecule has 100 valence electrons. The van der Waals surface area contributed by atoms with E-state index >= 15 is 0 Å². The Bertz CT molecular complexity index is 402. The number of aromatic nitrogens is 2. The van der Waals surface area contributed by atoms with Gasteiger partial charge in [-0.15, -0.1) is 0 Å². The number of hydrogen-bond donors (Lipinski definition) is 2. The molecule has 0 saturated carbocycles. The monoisotopic (exact) mass is 250 g/mol. The number of nitrogens with two attached hydrogens (primary N) is 1. The zero-order valence-electron chi connectivity index (χ0n) is 11.3. The average Bonchev–Trinajstić information content (AvgIpc) is 2.81. The van der Waals surface area contributed by atoms with Crippen molar-refractivity contribution in [3.05, 3.63) is 11.9 Å². The summed E-state index contributed by atoms with van der Waals surface area (Å²) in [4.78, 5) is 8.74. The molecule has 3 N–H and O–H groups in total. The van der Waals surface area contributed by atoms with Gasteiger partial charge in [0.1, 0.15) is 17.5 Å². The van der Waals surface area contributed by atoms with E-state index in [-0.39, 0.29) is 5.92 Å². The summed E-state index contributed by atoms with van der Waals surface area (Å²) in [5.74, 6) is 2.94. The van der Waals surface area contributed by atoms with Gasteiger partial charge in [-0.3, -0.25) is 0 Å². The molecule has 0 spiro atoms. The van der Waals surface area contributed by atoms with Crippen LogP contribution in [0.2, 0.25) is 0 Å². The maximum Gasteiger partial charge on any atom is 0.135 e. The minimum atomic E-state index is 0.277. The van der Waals surface area contributed by atoms with E-state index in [9.17, 15) is 0 Å². The summed E-state index contributed by atoms with van der Waals surface area (Å²) in [7, 11) is 0. The van der Waals surface area contributed by atoms with E-state index in [2.05, 4.69) is 36.1 Å². The molecule has 2 rings (SSSR count). The predicted octanol–water partition coefficient (Wildman–Crippen LogP) is 2.02. The van der Waals surface area contributed by atoms with Gasteiger partial charge >= 0.3 is 0 Å². The van der Waals surface area contributed by atoms with Gasteiger partial charge in [-0.1, -0.05) is 13.8 Å². The molecule has 1 aromatic heterocycles. The third-order valence-electron chi connectivity index (χ3n) is 3.33. The van der Waals surface area contributed by atoms with Crippen molar-refractivity contribution in [2.24, 2.45) is 5.92 Å². The number of rotatable bonds is 4. The van der Waals surface area contributed by atoms with Crippen molar-refractivity contribution in [1.29, 1.82) is 0 Å². The van der Waals surface area contributed by atoms with Crippen molar-refractivity contribution in [2.45, 2.75) is 39.2 Å². The summed E-state index contributed by atoms with van der Waals surface area (Å²) >= 11 is 0. The van der Waals surface area contributed by atoms with Crippen LogP contribution in [0.4, 0.5) is 11.6 Å². The molecule has 0 aromatic carbocycles. The van der Waals surface area contributed by atoms with Crippen molar-refractivity contribution in [2.75, 3.05) is 24.3 Å². The molecule has 1 saturated heterocycles. The van der Waals surface area contributed by atoms with Crippen LogP contribution in [0.3, 0.4) is 0 Å². The van der Waals surface area contributed by atoms with Crippen LogP contribution in [-0.2, 0) is 4.74 Å². The van der Waals surface area contributed by atoms with Crippen LogP contribution in [0, 0.1) is 5.92 Å². The Morgan fingerprint density at radius 1 is 1.39 bits per heavy atom.